The average molecular weight is 248 g/mol. The van der Waals surface area contributed by atoms with Crippen LogP contribution in [-0.4, -0.2) is 42.0 Å². The molecule has 1 atom stereocenters. The molecule has 2 fully saturated rings. The summed E-state index contributed by atoms with van der Waals surface area (Å²) in [5, 5.41) is 0. The van der Waals surface area contributed by atoms with Gasteiger partial charge >= 0.3 is 0 Å². The maximum atomic E-state index is 5.71. The van der Waals surface area contributed by atoms with Crippen molar-refractivity contribution in [3.63, 3.8) is 0 Å². The van der Waals surface area contributed by atoms with Crippen molar-refractivity contribution < 1.29 is 4.42 Å². The monoisotopic (exact) mass is 248 g/mol. The first-order chi connectivity index (χ1) is 8.81. The van der Waals surface area contributed by atoms with Gasteiger partial charge in [0.05, 0.1) is 6.54 Å². The molecule has 1 unspecified atom stereocenters. The molecule has 18 heavy (non-hydrogen) atoms. The summed E-state index contributed by atoms with van der Waals surface area (Å²) in [5.74, 6) is 2.15. The summed E-state index contributed by atoms with van der Waals surface area (Å²) in [6, 6.07) is 4.98. The van der Waals surface area contributed by atoms with E-state index >= 15 is 0 Å². The molecule has 0 saturated carbocycles. The van der Waals surface area contributed by atoms with Gasteiger partial charge in [-0.1, -0.05) is 6.42 Å². The Labute approximate surface area is 110 Å². The first kappa shape index (κ1) is 12.2. The van der Waals surface area contributed by atoms with E-state index in [9.17, 15) is 0 Å². The van der Waals surface area contributed by atoms with E-state index in [-0.39, 0.29) is 0 Å². The summed E-state index contributed by atoms with van der Waals surface area (Å²) in [6.07, 6.45) is 5.49. The number of piperidine rings is 1. The summed E-state index contributed by atoms with van der Waals surface area (Å²) < 4.78 is 5.71. The first-order valence-corrected chi connectivity index (χ1v) is 7.33. The number of nitrogens with zero attached hydrogens (tertiary/aromatic N) is 2. The van der Waals surface area contributed by atoms with Gasteiger partial charge < -0.3 is 4.42 Å². The van der Waals surface area contributed by atoms with Gasteiger partial charge in [0.15, 0.2) is 0 Å². The minimum atomic E-state index is 0.789. The molecular formula is C15H24N2O. The Morgan fingerprint density at radius 3 is 2.89 bits per heavy atom. The van der Waals surface area contributed by atoms with Gasteiger partial charge in [-0.25, -0.2) is 0 Å². The molecule has 3 heterocycles. The molecule has 0 spiro atoms. The van der Waals surface area contributed by atoms with Gasteiger partial charge in [0.2, 0.25) is 0 Å². The molecule has 0 N–H and O–H groups in total. The Morgan fingerprint density at radius 2 is 2.06 bits per heavy atom. The number of aryl methyl sites for hydroxylation is 1. The summed E-state index contributed by atoms with van der Waals surface area (Å²) in [6.45, 7) is 8.05. The fraction of sp³-hybridized carbons (Fsp3) is 0.733. The van der Waals surface area contributed by atoms with Crippen LogP contribution in [0.2, 0.25) is 0 Å². The third-order valence-electron chi connectivity index (χ3n) is 4.31. The van der Waals surface area contributed by atoms with Crippen molar-refractivity contribution in [2.24, 2.45) is 0 Å². The maximum Gasteiger partial charge on any atom is 0.118 e. The third-order valence-corrected chi connectivity index (χ3v) is 4.31. The molecule has 0 bridgehead atoms. The van der Waals surface area contributed by atoms with Crippen molar-refractivity contribution in [1.82, 2.24) is 9.80 Å². The van der Waals surface area contributed by atoms with Crippen LogP contribution < -0.4 is 0 Å². The highest BCUT2D eigenvalue weighted by Gasteiger charge is 2.27. The molecule has 3 rings (SSSR count). The molecule has 2 aliphatic rings. The van der Waals surface area contributed by atoms with Crippen molar-refractivity contribution in [2.45, 2.75) is 45.2 Å². The van der Waals surface area contributed by atoms with E-state index in [0.29, 0.717) is 0 Å². The molecule has 100 valence electrons. The van der Waals surface area contributed by atoms with Crippen molar-refractivity contribution in [1.29, 1.82) is 0 Å². The fourth-order valence-corrected chi connectivity index (χ4v) is 3.38. The molecule has 0 amide bonds. The van der Waals surface area contributed by atoms with Gasteiger partial charge in [-0.2, -0.15) is 0 Å². The van der Waals surface area contributed by atoms with Gasteiger partial charge in [0.25, 0.3) is 0 Å². The van der Waals surface area contributed by atoms with E-state index < -0.39 is 0 Å². The van der Waals surface area contributed by atoms with Crippen LogP contribution in [0.3, 0.4) is 0 Å². The van der Waals surface area contributed by atoms with Gasteiger partial charge in [-0.05, 0) is 58.0 Å². The molecule has 1 aromatic heterocycles. The van der Waals surface area contributed by atoms with Crippen LogP contribution in [0.25, 0.3) is 0 Å². The first-order valence-electron chi connectivity index (χ1n) is 7.33. The molecular weight excluding hydrogens is 224 g/mol. The normalized spacial score (nSPS) is 26.8. The van der Waals surface area contributed by atoms with E-state index in [1.165, 1.54) is 51.9 Å². The van der Waals surface area contributed by atoms with Gasteiger partial charge in [0.1, 0.15) is 11.5 Å². The van der Waals surface area contributed by atoms with Gasteiger partial charge in [-0.15, -0.1) is 0 Å². The topological polar surface area (TPSA) is 19.6 Å². The zero-order valence-electron chi connectivity index (χ0n) is 11.4. The quantitative estimate of drug-likeness (QED) is 0.802. The van der Waals surface area contributed by atoms with Crippen LogP contribution in [0.4, 0.5) is 0 Å². The Balaban J connectivity index is 1.62. The lowest BCUT2D eigenvalue weighted by Gasteiger charge is -2.35. The zero-order chi connectivity index (χ0) is 12.4. The van der Waals surface area contributed by atoms with Crippen molar-refractivity contribution in [3.8, 4) is 0 Å². The van der Waals surface area contributed by atoms with Gasteiger partial charge in [0, 0.05) is 12.6 Å². The van der Waals surface area contributed by atoms with Crippen LogP contribution in [-0.2, 0) is 6.54 Å². The number of hydrogen-bond acceptors (Lipinski definition) is 3. The molecule has 3 heteroatoms. The molecule has 2 aliphatic heterocycles. The summed E-state index contributed by atoms with van der Waals surface area (Å²) in [5.41, 5.74) is 0. The molecule has 0 aliphatic carbocycles. The smallest absolute Gasteiger partial charge is 0.118 e. The van der Waals surface area contributed by atoms with E-state index in [1.54, 1.807) is 0 Å². The number of furan rings is 1. The lowest BCUT2D eigenvalue weighted by Crippen LogP contribution is -2.43. The number of fused-ring (bicyclic) bond motifs is 1. The Morgan fingerprint density at radius 1 is 1.17 bits per heavy atom. The van der Waals surface area contributed by atoms with E-state index in [0.717, 1.165) is 24.1 Å². The summed E-state index contributed by atoms with van der Waals surface area (Å²) >= 11 is 0. The molecule has 2 saturated heterocycles. The van der Waals surface area contributed by atoms with Crippen LogP contribution in [0.1, 0.15) is 37.2 Å². The minimum absolute atomic E-state index is 0.789. The van der Waals surface area contributed by atoms with E-state index in [1.807, 2.05) is 6.92 Å². The highest BCUT2D eigenvalue weighted by molar-refractivity contribution is 5.05. The Hall–Kier alpha value is -0.800. The Kier molecular flexibility index (Phi) is 3.71. The van der Waals surface area contributed by atoms with Crippen LogP contribution in [0.15, 0.2) is 16.5 Å². The predicted octanol–water partition coefficient (Wildman–Crippen LogP) is 2.65. The second-order valence-corrected chi connectivity index (χ2v) is 5.79. The second-order valence-electron chi connectivity index (χ2n) is 5.79. The highest BCUT2D eigenvalue weighted by Crippen LogP contribution is 2.22. The Bertz CT molecular complexity index is 388. The SMILES string of the molecule is Cc1ccc(CN2CCCN3CCCCC3C2)o1. The highest BCUT2D eigenvalue weighted by atomic mass is 16.3. The number of rotatable bonds is 2. The molecule has 0 radical (unpaired) electrons. The lowest BCUT2D eigenvalue weighted by atomic mass is 10.0. The minimum Gasteiger partial charge on any atom is -0.465 e. The molecule has 3 nitrogen and oxygen atoms in total. The lowest BCUT2D eigenvalue weighted by molar-refractivity contribution is 0.132. The van der Waals surface area contributed by atoms with Crippen molar-refractivity contribution in [2.75, 3.05) is 26.2 Å². The maximum absolute atomic E-state index is 5.71. The largest absolute Gasteiger partial charge is 0.465 e. The third kappa shape index (κ3) is 2.78. The standard InChI is InChI=1S/C15H24N2O/c1-13-6-7-15(18-13)12-16-8-4-10-17-9-3-2-5-14(17)11-16/h6-7,14H,2-5,8-12H2,1H3. The van der Waals surface area contributed by atoms with Crippen molar-refractivity contribution >= 4 is 0 Å². The summed E-state index contributed by atoms with van der Waals surface area (Å²) in [4.78, 5) is 5.28. The molecule has 0 aromatic carbocycles. The van der Waals surface area contributed by atoms with Gasteiger partial charge in [-0.3, -0.25) is 9.80 Å². The fourth-order valence-electron chi connectivity index (χ4n) is 3.38. The summed E-state index contributed by atoms with van der Waals surface area (Å²) in [7, 11) is 0. The van der Waals surface area contributed by atoms with E-state index in [2.05, 4.69) is 21.9 Å². The zero-order valence-corrected chi connectivity index (χ0v) is 11.4. The number of hydrogen-bond donors (Lipinski definition) is 0. The van der Waals surface area contributed by atoms with Crippen LogP contribution in [0, 0.1) is 6.92 Å². The average Bonchev–Trinajstić information content (AvgIpc) is 2.66. The van der Waals surface area contributed by atoms with Crippen LogP contribution >= 0.6 is 0 Å². The van der Waals surface area contributed by atoms with Crippen LogP contribution in [0.5, 0.6) is 0 Å². The van der Waals surface area contributed by atoms with E-state index in [4.69, 9.17) is 4.42 Å². The second kappa shape index (κ2) is 5.45. The molecule has 1 aromatic rings. The predicted molar refractivity (Wildman–Crippen MR) is 72.6 cm³/mol. The van der Waals surface area contributed by atoms with Crippen molar-refractivity contribution in [3.05, 3.63) is 23.7 Å².